The molecule has 0 bridgehead atoms. The van der Waals surface area contributed by atoms with Crippen molar-refractivity contribution in [3.63, 3.8) is 0 Å². The Morgan fingerprint density at radius 2 is 1.98 bits per heavy atom. The van der Waals surface area contributed by atoms with Crippen molar-refractivity contribution in [1.29, 1.82) is 0 Å². The van der Waals surface area contributed by atoms with Gasteiger partial charge in [0.05, 0.1) is 53.6 Å². The maximum Gasteiger partial charge on any atom is 0.337 e. The minimum absolute atomic E-state index is 0.173. The summed E-state index contributed by atoms with van der Waals surface area (Å²) in [4.78, 5) is 24.1. The van der Waals surface area contributed by atoms with Gasteiger partial charge in [-0.1, -0.05) is 23.7 Å². The number of aromatic nitrogens is 3. The maximum absolute atomic E-state index is 12.2. The van der Waals surface area contributed by atoms with Crippen molar-refractivity contribution in [2.75, 3.05) is 33.4 Å². The zero-order chi connectivity index (χ0) is 28.6. The Kier molecular flexibility index (Phi) is 7.48. The Bertz CT molecular complexity index is 1590. The van der Waals surface area contributed by atoms with Crippen molar-refractivity contribution < 1.29 is 23.7 Å². The molecule has 2 aromatic carbocycles. The third-order valence-electron chi connectivity index (χ3n) is 8.56. The number of benzene rings is 2. The Hall–Kier alpha value is -3.66. The predicted octanol–water partition coefficient (Wildman–Crippen LogP) is 5.55. The SMILES string of the molecule is COC(=O)c1ccc2nc(CN3CCC(c4cccc5c4OC(c4ccc(Cl)cn4)CO5)CC3)n(C[C@@H]3CCO3)c2c1. The molecule has 0 aliphatic carbocycles. The molecule has 4 aromatic rings. The molecule has 0 saturated carbocycles. The number of likely N-dealkylation sites (tertiary alicyclic amines) is 1. The smallest absolute Gasteiger partial charge is 0.337 e. The molecular weight excluding hydrogens is 556 g/mol. The van der Waals surface area contributed by atoms with E-state index in [9.17, 15) is 4.79 Å². The Labute approximate surface area is 249 Å². The molecule has 42 heavy (non-hydrogen) atoms. The Balaban J connectivity index is 1.07. The average molecular weight is 589 g/mol. The summed E-state index contributed by atoms with van der Waals surface area (Å²) in [6.07, 6.45) is 4.58. The van der Waals surface area contributed by atoms with Crippen LogP contribution < -0.4 is 9.47 Å². The number of ether oxygens (including phenoxy) is 4. The second-order valence-electron chi connectivity index (χ2n) is 11.2. The van der Waals surface area contributed by atoms with Gasteiger partial charge < -0.3 is 23.5 Å². The van der Waals surface area contributed by atoms with Gasteiger partial charge >= 0.3 is 5.97 Å². The van der Waals surface area contributed by atoms with Gasteiger partial charge in [-0.15, -0.1) is 0 Å². The molecule has 7 rings (SSSR count). The highest BCUT2D eigenvalue weighted by Crippen LogP contribution is 2.44. The zero-order valence-electron chi connectivity index (χ0n) is 23.5. The van der Waals surface area contributed by atoms with Crippen LogP contribution in [-0.2, 0) is 22.6 Å². The van der Waals surface area contributed by atoms with Gasteiger partial charge in [0.2, 0.25) is 0 Å². The number of esters is 1. The van der Waals surface area contributed by atoms with E-state index in [1.807, 2.05) is 30.3 Å². The second kappa shape index (κ2) is 11.6. The number of pyridine rings is 1. The highest BCUT2D eigenvalue weighted by Gasteiger charge is 2.31. The van der Waals surface area contributed by atoms with Crippen LogP contribution in [0.5, 0.6) is 11.5 Å². The summed E-state index contributed by atoms with van der Waals surface area (Å²) in [5.74, 6) is 2.63. The van der Waals surface area contributed by atoms with E-state index in [1.165, 1.54) is 12.7 Å². The largest absolute Gasteiger partial charge is 0.485 e. The lowest BCUT2D eigenvalue weighted by Gasteiger charge is -2.35. The number of fused-ring (bicyclic) bond motifs is 2. The first-order valence-corrected chi connectivity index (χ1v) is 14.9. The van der Waals surface area contributed by atoms with Crippen LogP contribution in [0.4, 0.5) is 0 Å². The first-order valence-electron chi connectivity index (χ1n) is 14.5. The van der Waals surface area contributed by atoms with Crippen LogP contribution >= 0.6 is 11.6 Å². The molecule has 218 valence electrons. The number of piperidine rings is 1. The van der Waals surface area contributed by atoms with E-state index in [-0.39, 0.29) is 18.2 Å². The fraction of sp³-hybridized carbons (Fsp3) is 0.406. The number of nitrogens with zero attached hydrogens (tertiary/aromatic N) is 4. The summed E-state index contributed by atoms with van der Waals surface area (Å²) in [6, 6.07) is 15.5. The molecule has 10 heteroatoms. The van der Waals surface area contributed by atoms with E-state index in [0.29, 0.717) is 23.1 Å². The third kappa shape index (κ3) is 5.32. The number of halogens is 1. The summed E-state index contributed by atoms with van der Waals surface area (Å²) in [5.41, 5.74) is 4.35. The number of para-hydroxylation sites is 1. The number of hydrogen-bond donors (Lipinski definition) is 0. The fourth-order valence-corrected chi connectivity index (χ4v) is 6.25. The fourth-order valence-electron chi connectivity index (χ4n) is 6.14. The predicted molar refractivity (Wildman–Crippen MR) is 157 cm³/mol. The average Bonchev–Trinajstić information content (AvgIpc) is 3.34. The number of methoxy groups -OCH3 is 1. The lowest BCUT2D eigenvalue weighted by Crippen LogP contribution is -2.35. The lowest BCUT2D eigenvalue weighted by atomic mass is 9.88. The molecule has 3 aliphatic heterocycles. The quantitative estimate of drug-likeness (QED) is 0.260. The van der Waals surface area contributed by atoms with Crippen LogP contribution in [0.1, 0.15) is 58.7 Å². The molecule has 0 spiro atoms. The zero-order valence-corrected chi connectivity index (χ0v) is 24.3. The van der Waals surface area contributed by atoms with E-state index in [4.69, 9.17) is 35.5 Å². The number of hydrogen-bond acceptors (Lipinski definition) is 8. The third-order valence-corrected chi connectivity index (χ3v) is 8.78. The lowest BCUT2D eigenvalue weighted by molar-refractivity contribution is -0.0592. The molecule has 0 amide bonds. The second-order valence-corrected chi connectivity index (χ2v) is 11.6. The van der Waals surface area contributed by atoms with Crippen molar-refractivity contribution in [1.82, 2.24) is 19.4 Å². The summed E-state index contributed by atoms with van der Waals surface area (Å²) in [7, 11) is 1.40. The van der Waals surface area contributed by atoms with E-state index >= 15 is 0 Å². The van der Waals surface area contributed by atoms with Crippen molar-refractivity contribution in [2.24, 2.45) is 0 Å². The van der Waals surface area contributed by atoms with E-state index in [1.54, 1.807) is 12.3 Å². The summed E-state index contributed by atoms with van der Waals surface area (Å²) >= 11 is 6.04. The number of carbonyl (C=O) groups is 1. The van der Waals surface area contributed by atoms with Crippen LogP contribution in [0.15, 0.2) is 54.7 Å². The first-order chi connectivity index (χ1) is 20.6. The summed E-state index contributed by atoms with van der Waals surface area (Å²) in [6.45, 7) is 4.55. The number of carbonyl (C=O) groups excluding carboxylic acids is 1. The minimum atomic E-state index is -0.346. The number of rotatable bonds is 7. The molecule has 2 atom stereocenters. The molecule has 1 unspecified atom stereocenters. The van der Waals surface area contributed by atoms with Gasteiger partial charge in [0, 0.05) is 18.4 Å². The van der Waals surface area contributed by atoms with Gasteiger partial charge in [-0.05, 0) is 74.7 Å². The van der Waals surface area contributed by atoms with Crippen molar-refractivity contribution in [3.8, 4) is 11.5 Å². The van der Waals surface area contributed by atoms with Crippen molar-refractivity contribution in [2.45, 2.75) is 50.5 Å². The summed E-state index contributed by atoms with van der Waals surface area (Å²) < 4.78 is 25.5. The van der Waals surface area contributed by atoms with E-state index < -0.39 is 0 Å². The summed E-state index contributed by atoms with van der Waals surface area (Å²) in [5, 5.41) is 0.598. The van der Waals surface area contributed by atoms with Crippen LogP contribution in [0.2, 0.25) is 5.02 Å². The molecule has 2 aromatic heterocycles. The standard InChI is InChI=1S/C32H33ClN4O5/c1-39-32(38)21-5-7-25-27(15-21)37(17-23-11-14-40-23)30(35-25)18-36-12-9-20(10-13-36)24-3-2-4-28-31(24)42-29(19-41-28)26-8-6-22(33)16-34-26/h2-8,15-16,20,23,29H,9-14,17-19H2,1H3/t23-,29?/m0/s1. The minimum Gasteiger partial charge on any atom is -0.485 e. The Morgan fingerprint density at radius 3 is 2.71 bits per heavy atom. The van der Waals surface area contributed by atoms with Crippen molar-refractivity contribution in [3.05, 3.63) is 82.4 Å². The molecule has 3 aliphatic rings. The van der Waals surface area contributed by atoms with E-state index in [0.717, 1.165) is 86.1 Å². The monoisotopic (exact) mass is 588 g/mol. The van der Waals surface area contributed by atoms with Gasteiger partial charge in [0.25, 0.3) is 0 Å². The van der Waals surface area contributed by atoms with Gasteiger partial charge in [-0.2, -0.15) is 0 Å². The van der Waals surface area contributed by atoms with Crippen LogP contribution in [0.3, 0.4) is 0 Å². The molecule has 9 nitrogen and oxygen atoms in total. The van der Waals surface area contributed by atoms with Crippen LogP contribution in [0, 0.1) is 0 Å². The normalized spacial score (nSPS) is 20.8. The molecule has 5 heterocycles. The van der Waals surface area contributed by atoms with E-state index in [2.05, 4.69) is 26.6 Å². The maximum atomic E-state index is 12.2. The van der Waals surface area contributed by atoms with Gasteiger partial charge in [0.15, 0.2) is 17.6 Å². The van der Waals surface area contributed by atoms with Gasteiger partial charge in [-0.25, -0.2) is 9.78 Å². The van der Waals surface area contributed by atoms with Gasteiger partial charge in [0.1, 0.15) is 12.4 Å². The molecule has 0 radical (unpaired) electrons. The molecule has 0 N–H and O–H groups in total. The first kappa shape index (κ1) is 27.2. The van der Waals surface area contributed by atoms with Crippen molar-refractivity contribution >= 4 is 28.6 Å². The highest BCUT2D eigenvalue weighted by atomic mass is 35.5. The van der Waals surface area contributed by atoms with Crippen LogP contribution in [-0.4, -0.2) is 64.9 Å². The molecular formula is C32H33ClN4O5. The molecule has 2 fully saturated rings. The number of imidazole rings is 1. The Morgan fingerprint density at radius 1 is 1.12 bits per heavy atom. The van der Waals surface area contributed by atoms with Crippen LogP contribution in [0.25, 0.3) is 11.0 Å². The van der Waals surface area contributed by atoms with Gasteiger partial charge in [-0.3, -0.25) is 9.88 Å². The molecule has 2 saturated heterocycles. The topological polar surface area (TPSA) is 87.9 Å². The highest BCUT2D eigenvalue weighted by molar-refractivity contribution is 6.30.